The van der Waals surface area contributed by atoms with E-state index in [2.05, 4.69) is 0 Å². The maximum Gasteiger partial charge on any atom is 0.232 e. The SMILES string of the molecule is CN(C)CCN(c1ccc(N)cc1N)S(C)(=O)=O. The fourth-order valence-electron chi connectivity index (χ4n) is 1.56. The Labute approximate surface area is 108 Å². The molecule has 1 aromatic rings. The largest absolute Gasteiger partial charge is 0.399 e. The van der Waals surface area contributed by atoms with E-state index in [0.717, 1.165) is 0 Å². The van der Waals surface area contributed by atoms with Crippen LogP contribution in [0, 0.1) is 0 Å². The van der Waals surface area contributed by atoms with E-state index in [9.17, 15) is 8.42 Å². The molecule has 0 atom stereocenters. The Kier molecular flexibility index (Phi) is 4.42. The van der Waals surface area contributed by atoms with Crippen molar-refractivity contribution in [2.75, 3.05) is 49.2 Å². The Hall–Kier alpha value is -1.47. The van der Waals surface area contributed by atoms with Crippen LogP contribution in [0.25, 0.3) is 0 Å². The fourth-order valence-corrected chi connectivity index (χ4v) is 2.49. The van der Waals surface area contributed by atoms with Crippen LogP contribution in [0.1, 0.15) is 0 Å². The van der Waals surface area contributed by atoms with Crippen molar-refractivity contribution in [3.63, 3.8) is 0 Å². The zero-order chi connectivity index (χ0) is 13.9. The van der Waals surface area contributed by atoms with Crippen LogP contribution in [-0.4, -0.2) is 46.8 Å². The van der Waals surface area contributed by atoms with E-state index in [-0.39, 0.29) is 0 Å². The molecular formula is C11H20N4O2S. The number of hydrogen-bond acceptors (Lipinski definition) is 5. The van der Waals surface area contributed by atoms with Crippen molar-refractivity contribution in [3.05, 3.63) is 18.2 Å². The third kappa shape index (κ3) is 3.78. The molecule has 0 amide bonds. The second kappa shape index (κ2) is 5.45. The number of anilines is 3. The molecule has 1 rings (SSSR count). The molecule has 0 bridgehead atoms. The lowest BCUT2D eigenvalue weighted by Gasteiger charge is -2.25. The molecule has 6 nitrogen and oxygen atoms in total. The van der Waals surface area contributed by atoms with Gasteiger partial charge in [0, 0.05) is 18.8 Å². The molecule has 0 radical (unpaired) electrons. The topological polar surface area (TPSA) is 92.7 Å². The minimum atomic E-state index is -3.36. The Balaban J connectivity index is 3.10. The van der Waals surface area contributed by atoms with Crippen LogP contribution in [-0.2, 0) is 10.0 Å². The zero-order valence-corrected chi connectivity index (χ0v) is 11.7. The fraction of sp³-hybridized carbons (Fsp3) is 0.455. The van der Waals surface area contributed by atoms with Gasteiger partial charge in [0.15, 0.2) is 0 Å². The summed E-state index contributed by atoms with van der Waals surface area (Å²) in [6.45, 7) is 0.955. The minimum Gasteiger partial charge on any atom is -0.399 e. The summed E-state index contributed by atoms with van der Waals surface area (Å²) in [5, 5.41) is 0. The summed E-state index contributed by atoms with van der Waals surface area (Å²) < 4.78 is 24.9. The van der Waals surface area contributed by atoms with E-state index in [1.807, 2.05) is 19.0 Å². The van der Waals surface area contributed by atoms with E-state index in [1.165, 1.54) is 10.6 Å². The molecule has 1 aromatic carbocycles. The minimum absolute atomic E-state index is 0.347. The molecule has 0 aliphatic rings. The van der Waals surface area contributed by atoms with Crippen molar-refractivity contribution in [1.29, 1.82) is 0 Å². The van der Waals surface area contributed by atoms with Crippen molar-refractivity contribution >= 4 is 27.1 Å². The first-order chi connectivity index (χ1) is 8.21. The van der Waals surface area contributed by atoms with E-state index in [4.69, 9.17) is 11.5 Å². The quantitative estimate of drug-likeness (QED) is 0.746. The van der Waals surface area contributed by atoms with E-state index in [0.29, 0.717) is 30.2 Å². The monoisotopic (exact) mass is 272 g/mol. The maximum absolute atomic E-state index is 11.8. The van der Waals surface area contributed by atoms with Crippen molar-refractivity contribution in [2.24, 2.45) is 0 Å². The molecule has 0 aliphatic heterocycles. The van der Waals surface area contributed by atoms with Gasteiger partial charge in [-0.05, 0) is 32.3 Å². The Bertz CT molecular complexity index is 514. The molecule has 0 heterocycles. The summed E-state index contributed by atoms with van der Waals surface area (Å²) >= 11 is 0. The molecule has 4 N–H and O–H groups in total. The standard InChI is InChI=1S/C11H20N4O2S/c1-14(2)6-7-15(18(3,16)17)11-5-4-9(12)8-10(11)13/h4-5,8H,6-7,12-13H2,1-3H3. The van der Waals surface area contributed by atoms with Crippen molar-refractivity contribution < 1.29 is 8.42 Å². The Morgan fingerprint density at radius 3 is 2.22 bits per heavy atom. The van der Waals surface area contributed by atoms with Gasteiger partial charge in [-0.25, -0.2) is 8.42 Å². The number of benzene rings is 1. The lowest BCUT2D eigenvalue weighted by atomic mass is 10.2. The predicted molar refractivity (Wildman–Crippen MR) is 76.0 cm³/mol. The number of hydrogen-bond donors (Lipinski definition) is 2. The highest BCUT2D eigenvalue weighted by molar-refractivity contribution is 7.92. The summed E-state index contributed by atoms with van der Waals surface area (Å²) in [5.74, 6) is 0. The molecule has 102 valence electrons. The molecular weight excluding hydrogens is 252 g/mol. The predicted octanol–water partition coefficient (Wildman–Crippen LogP) is 0.179. The van der Waals surface area contributed by atoms with Gasteiger partial charge in [0.1, 0.15) is 0 Å². The van der Waals surface area contributed by atoms with E-state index >= 15 is 0 Å². The molecule has 18 heavy (non-hydrogen) atoms. The van der Waals surface area contributed by atoms with Crippen LogP contribution in [0.2, 0.25) is 0 Å². The Morgan fingerprint density at radius 1 is 1.17 bits per heavy atom. The smallest absolute Gasteiger partial charge is 0.232 e. The van der Waals surface area contributed by atoms with Gasteiger partial charge in [-0.1, -0.05) is 0 Å². The molecule has 0 spiro atoms. The van der Waals surface area contributed by atoms with Gasteiger partial charge in [0.2, 0.25) is 10.0 Å². The first-order valence-electron chi connectivity index (χ1n) is 5.49. The maximum atomic E-state index is 11.8. The highest BCUT2D eigenvalue weighted by Gasteiger charge is 2.19. The van der Waals surface area contributed by atoms with Gasteiger partial charge in [-0.2, -0.15) is 0 Å². The number of nitrogens with two attached hydrogens (primary N) is 2. The first-order valence-corrected chi connectivity index (χ1v) is 7.34. The number of sulfonamides is 1. The molecule has 0 aromatic heterocycles. The summed E-state index contributed by atoms with van der Waals surface area (Å²) in [6, 6.07) is 4.82. The van der Waals surface area contributed by atoms with Gasteiger partial charge in [-0.3, -0.25) is 4.31 Å². The van der Waals surface area contributed by atoms with Gasteiger partial charge < -0.3 is 16.4 Å². The number of nitrogen functional groups attached to an aromatic ring is 2. The third-order valence-electron chi connectivity index (χ3n) is 2.47. The van der Waals surface area contributed by atoms with Crippen molar-refractivity contribution in [3.8, 4) is 0 Å². The van der Waals surface area contributed by atoms with Crippen LogP contribution >= 0.6 is 0 Å². The molecule has 0 fully saturated rings. The third-order valence-corrected chi connectivity index (χ3v) is 3.65. The number of rotatable bonds is 5. The van der Waals surface area contributed by atoms with Crippen LogP contribution in [0.3, 0.4) is 0 Å². The highest BCUT2D eigenvalue weighted by Crippen LogP contribution is 2.27. The van der Waals surface area contributed by atoms with E-state index < -0.39 is 10.0 Å². The van der Waals surface area contributed by atoms with Gasteiger partial charge in [-0.15, -0.1) is 0 Å². The highest BCUT2D eigenvalue weighted by atomic mass is 32.2. The van der Waals surface area contributed by atoms with Crippen LogP contribution in [0.4, 0.5) is 17.1 Å². The lowest BCUT2D eigenvalue weighted by Crippen LogP contribution is -2.36. The molecule has 0 saturated carbocycles. The van der Waals surface area contributed by atoms with E-state index in [1.54, 1.807) is 18.2 Å². The average molecular weight is 272 g/mol. The lowest BCUT2D eigenvalue weighted by molar-refractivity contribution is 0.419. The normalized spacial score (nSPS) is 11.8. The molecule has 7 heteroatoms. The zero-order valence-electron chi connectivity index (χ0n) is 10.9. The van der Waals surface area contributed by atoms with Crippen LogP contribution in [0.5, 0.6) is 0 Å². The summed E-state index contributed by atoms with van der Waals surface area (Å²) in [7, 11) is 0.400. The van der Waals surface area contributed by atoms with Gasteiger partial charge in [0.05, 0.1) is 17.6 Å². The molecule has 0 saturated heterocycles. The van der Waals surface area contributed by atoms with Gasteiger partial charge in [0.25, 0.3) is 0 Å². The van der Waals surface area contributed by atoms with Gasteiger partial charge >= 0.3 is 0 Å². The van der Waals surface area contributed by atoms with Crippen LogP contribution in [0.15, 0.2) is 18.2 Å². The second-order valence-corrected chi connectivity index (χ2v) is 6.36. The summed E-state index contributed by atoms with van der Waals surface area (Å²) in [4.78, 5) is 1.91. The average Bonchev–Trinajstić information content (AvgIpc) is 2.18. The molecule has 0 aliphatic carbocycles. The molecule has 0 unspecified atom stereocenters. The number of likely N-dealkylation sites (N-methyl/N-ethyl adjacent to an activating group) is 1. The van der Waals surface area contributed by atoms with Crippen molar-refractivity contribution in [1.82, 2.24) is 4.90 Å². The first kappa shape index (κ1) is 14.6. The number of nitrogens with zero attached hydrogens (tertiary/aromatic N) is 2. The summed E-state index contributed by atoms with van der Waals surface area (Å²) in [5.41, 5.74) is 12.8. The Morgan fingerprint density at radius 2 is 1.78 bits per heavy atom. The second-order valence-electron chi connectivity index (χ2n) is 4.46. The van der Waals surface area contributed by atoms with Crippen molar-refractivity contribution in [2.45, 2.75) is 0 Å². The van der Waals surface area contributed by atoms with Crippen LogP contribution < -0.4 is 15.8 Å². The summed E-state index contributed by atoms with van der Waals surface area (Å²) in [6.07, 6.45) is 1.17.